The molecule has 132 valence electrons. The molecular formula is C19H23N3O2S. The third kappa shape index (κ3) is 4.66. The molecule has 1 atom stereocenters. The van der Waals surface area contributed by atoms with Gasteiger partial charge in [0.25, 0.3) is 5.91 Å². The zero-order valence-corrected chi connectivity index (χ0v) is 15.4. The molecule has 0 radical (unpaired) electrons. The van der Waals surface area contributed by atoms with Crippen molar-refractivity contribution in [2.24, 2.45) is 5.92 Å². The van der Waals surface area contributed by atoms with Crippen LogP contribution in [0.3, 0.4) is 0 Å². The van der Waals surface area contributed by atoms with Crippen molar-refractivity contribution in [3.05, 3.63) is 46.0 Å². The van der Waals surface area contributed by atoms with Crippen LogP contribution in [0.5, 0.6) is 0 Å². The number of hydrogen-bond acceptors (Lipinski definition) is 4. The quantitative estimate of drug-likeness (QED) is 0.863. The fourth-order valence-electron chi connectivity index (χ4n) is 2.97. The number of carbonyl (C=O) groups is 2. The first-order valence-corrected chi connectivity index (χ1v) is 9.46. The number of nitrogens with zero attached hydrogens (tertiary/aromatic N) is 1. The van der Waals surface area contributed by atoms with Crippen LogP contribution in [-0.4, -0.2) is 23.3 Å². The summed E-state index contributed by atoms with van der Waals surface area (Å²) >= 11 is 1.60. The van der Waals surface area contributed by atoms with Crippen LogP contribution in [0.4, 0.5) is 5.13 Å². The van der Waals surface area contributed by atoms with Crippen molar-refractivity contribution in [3.8, 4) is 0 Å². The summed E-state index contributed by atoms with van der Waals surface area (Å²) in [6, 6.07) is 7.47. The van der Waals surface area contributed by atoms with Gasteiger partial charge in [0, 0.05) is 23.9 Å². The summed E-state index contributed by atoms with van der Waals surface area (Å²) in [5.41, 5.74) is 2.85. The van der Waals surface area contributed by atoms with Crippen LogP contribution < -0.4 is 10.6 Å². The molecule has 3 rings (SSSR count). The van der Waals surface area contributed by atoms with Gasteiger partial charge in [0.2, 0.25) is 5.91 Å². The first kappa shape index (κ1) is 17.6. The Kier molecular flexibility index (Phi) is 5.48. The van der Waals surface area contributed by atoms with E-state index in [4.69, 9.17) is 0 Å². The lowest BCUT2D eigenvalue weighted by molar-refractivity contribution is -0.118. The standard InChI is InChI=1S/C19H23N3O2S/c1-12-3-8-16-17(11-12)25-19(21-16)22-18(24)15-6-4-14(5-7-15)9-10-20-13(2)23/h4-7,12H,3,8-11H2,1-2H3,(H,20,23)(H,21,22,24)/t12-/m1/s1. The van der Waals surface area contributed by atoms with Crippen molar-refractivity contribution in [1.82, 2.24) is 10.3 Å². The van der Waals surface area contributed by atoms with Crippen LogP contribution in [0.1, 0.15) is 46.8 Å². The van der Waals surface area contributed by atoms with Crippen LogP contribution >= 0.6 is 11.3 Å². The molecule has 5 nitrogen and oxygen atoms in total. The summed E-state index contributed by atoms with van der Waals surface area (Å²) < 4.78 is 0. The maximum absolute atomic E-state index is 12.4. The van der Waals surface area contributed by atoms with E-state index in [9.17, 15) is 9.59 Å². The summed E-state index contributed by atoms with van der Waals surface area (Å²) in [6.45, 7) is 4.36. The summed E-state index contributed by atoms with van der Waals surface area (Å²) in [4.78, 5) is 29.2. The Balaban J connectivity index is 1.59. The lowest BCUT2D eigenvalue weighted by Crippen LogP contribution is -2.22. The molecule has 0 saturated carbocycles. The normalized spacial score (nSPS) is 16.2. The number of carbonyl (C=O) groups excluding carboxylic acids is 2. The number of hydrogen-bond donors (Lipinski definition) is 2. The third-order valence-electron chi connectivity index (χ3n) is 4.41. The molecule has 2 aromatic rings. The number of nitrogens with one attached hydrogen (secondary N) is 2. The smallest absolute Gasteiger partial charge is 0.257 e. The maximum atomic E-state index is 12.4. The Morgan fingerprint density at radius 1 is 1.28 bits per heavy atom. The lowest BCUT2D eigenvalue weighted by Gasteiger charge is -2.15. The average Bonchev–Trinajstić information content (AvgIpc) is 2.96. The van der Waals surface area contributed by atoms with Crippen LogP contribution in [0.25, 0.3) is 0 Å². The van der Waals surface area contributed by atoms with E-state index in [-0.39, 0.29) is 11.8 Å². The molecule has 1 aromatic carbocycles. The van der Waals surface area contributed by atoms with E-state index < -0.39 is 0 Å². The zero-order valence-electron chi connectivity index (χ0n) is 14.6. The SMILES string of the molecule is CC(=O)NCCc1ccc(C(=O)Nc2nc3c(s2)C[C@H](C)CC3)cc1. The van der Waals surface area contributed by atoms with Crippen LogP contribution in [0.15, 0.2) is 24.3 Å². The minimum atomic E-state index is -0.132. The van der Waals surface area contributed by atoms with E-state index in [1.54, 1.807) is 11.3 Å². The predicted octanol–water partition coefficient (Wildman–Crippen LogP) is 3.20. The van der Waals surface area contributed by atoms with E-state index in [2.05, 4.69) is 22.5 Å². The van der Waals surface area contributed by atoms with Gasteiger partial charge < -0.3 is 5.32 Å². The summed E-state index contributed by atoms with van der Waals surface area (Å²) in [6.07, 6.45) is 3.99. The van der Waals surface area contributed by atoms with E-state index in [1.165, 1.54) is 18.2 Å². The molecule has 0 unspecified atom stereocenters. The fraction of sp³-hybridized carbons (Fsp3) is 0.421. The van der Waals surface area contributed by atoms with Gasteiger partial charge in [-0.05, 0) is 49.3 Å². The van der Waals surface area contributed by atoms with Gasteiger partial charge >= 0.3 is 0 Å². The Bertz CT molecular complexity index is 767. The zero-order chi connectivity index (χ0) is 17.8. The average molecular weight is 357 g/mol. The number of amides is 2. The Labute approximate surface area is 151 Å². The predicted molar refractivity (Wildman–Crippen MR) is 100 cm³/mol. The molecule has 6 heteroatoms. The van der Waals surface area contributed by atoms with Gasteiger partial charge in [0.15, 0.2) is 5.13 Å². The number of fused-ring (bicyclic) bond motifs is 1. The highest BCUT2D eigenvalue weighted by molar-refractivity contribution is 7.15. The van der Waals surface area contributed by atoms with Crippen molar-refractivity contribution >= 4 is 28.3 Å². The van der Waals surface area contributed by atoms with Crippen molar-refractivity contribution in [2.45, 2.75) is 39.5 Å². The molecule has 0 saturated heterocycles. The van der Waals surface area contributed by atoms with Crippen molar-refractivity contribution < 1.29 is 9.59 Å². The summed E-state index contributed by atoms with van der Waals surface area (Å²) in [7, 11) is 0. The minimum Gasteiger partial charge on any atom is -0.356 e. The number of anilines is 1. The van der Waals surface area contributed by atoms with Crippen LogP contribution in [0.2, 0.25) is 0 Å². The van der Waals surface area contributed by atoms with E-state index in [0.29, 0.717) is 23.2 Å². The van der Waals surface area contributed by atoms with Gasteiger partial charge in [-0.25, -0.2) is 4.98 Å². The molecule has 2 amide bonds. The van der Waals surface area contributed by atoms with Gasteiger partial charge in [-0.1, -0.05) is 19.1 Å². The molecule has 1 aliphatic carbocycles. The molecule has 2 N–H and O–H groups in total. The van der Waals surface area contributed by atoms with Gasteiger partial charge in [-0.2, -0.15) is 0 Å². The van der Waals surface area contributed by atoms with E-state index in [1.807, 2.05) is 24.3 Å². The second-order valence-corrected chi connectivity index (χ2v) is 7.70. The first-order valence-electron chi connectivity index (χ1n) is 8.64. The molecule has 25 heavy (non-hydrogen) atoms. The highest BCUT2D eigenvalue weighted by Crippen LogP contribution is 2.32. The third-order valence-corrected chi connectivity index (χ3v) is 5.45. The molecule has 0 fully saturated rings. The fourth-order valence-corrected chi connectivity index (χ4v) is 4.13. The van der Waals surface area contributed by atoms with E-state index in [0.717, 1.165) is 30.5 Å². The number of thiazole rings is 1. The number of benzene rings is 1. The highest BCUT2D eigenvalue weighted by Gasteiger charge is 2.20. The molecule has 0 bridgehead atoms. The van der Waals surface area contributed by atoms with Gasteiger partial charge in [0.1, 0.15) is 0 Å². The Hall–Kier alpha value is -2.21. The Morgan fingerprint density at radius 2 is 2.04 bits per heavy atom. The lowest BCUT2D eigenvalue weighted by atomic mass is 9.93. The number of rotatable bonds is 5. The van der Waals surface area contributed by atoms with Crippen molar-refractivity contribution in [3.63, 3.8) is 0 Å². The van der Waals surface area contributed by atoms with Crippen molar-refractivity contribution in [2.75, 3.05) is 11.9 Å². The van der Waals surface area contributed by atoms with Crippen molar-refractivity contribution in [1.29, 1.82) is 0 Å². The topological polar surface area (TPSA) is 71.1 Å². The number of aromatic nitrogens is 1. The molecule has 1 aromatic heterocycles. The van der Waals surface area contributed by atoms with E-state index >= 15 is 0 Å². The molecule has 1 aliphatic rings. The number of aryl methyl sites for hydroxylation is 1. The molecule has 0 aliphatic heterocycles. The van der Waals surface area contributed by atoms with Crippen LogP contribution in [-0.2, 0) is 24.1 Å². The molecule has 1 heterocycles. The minimum absolute atomic E-state index is 0.0310. The highest BCUT2D eigenvalue weighted by atomic mass is 32.1. The van der Waals surface area contributed by atoms with Crippen LogP contribution in [0, 0.1) is 5.92 Å². The second-order valence-electron chi connectivity index (χ2n) is 6.62. The van der Waals surface area contributed by atoms with Gasteiger partial charge in [-0.3, -0.25) is 14.9 Å². The van der Waals surface area contributed by atoms with Gasteiger partial charge in [-0.15, -0.1) is 11.3 Å². The monoisotopic (exact) mass is 357 g/mol. The molecule has 0 spiro atoms. The maximum Gasteiger partial charge on any atom is 0.257 e. The summed E-state index contributed by atoms with van der Waals surface area (Å²) in [5.74, 6) is 0.533. The first-order chi connectivity index (χ1) is 12.0. The molecular weight excluding hydrogens is 334 g/mol. The second kappa shape index (κ2) is 7.78. The Morgan fingerprint density at radius 3 is 2.76 bits per heavy atom. The largest absolute Gasteiger partial charge is 0.356 e. The summed E-state index contributed by atoms with van der Waals surface area (Å²) in [5, 5.41) is 6.38. The van der Waals surface area contributed by atoms with Gasteiger partial charge in [0.05, 0.1) is 5.69 Å².